The first kappa shape index (κ1) is 20.4. The molecule has 2 saturated carbocycles. The predicted molar refractivity (Wildman–Crippen MR) is 127 cm³/mol. The molecule has 34 heavy (non-hydrogen) atoms. The number of aryl methyl sites for hydroxylation is 1. The predicted octanol–water partition coefficient (Wildman–Crippen LogP) is 3.77. The van der Waals surface area contributed by atoms with Gasteiger partial charge in [-0.15, -0.1) is 10.2 Å². The molecular formula is C25H25ClN8. The van der Waals surface area contributed by atoms with Gasteiger partial charge in [-0.1, -0.05) is 11.6 Å². The van der Waals surface area contributed by atoms with Crippen LogP contribution in [0.4, 0.5) is 5.82 Å². The fourth-order valence-corrected chi connectivity index (χ4v) is 6.46. The summed E-state index contributed by atoms with van der Waals surface area (Å²) >= 11 is 6.38. The zero-order valence-corrected chi connectivity index (χ0v) is 19.8. The van der Waals surface area contributed by atoms with Crippen molar-refractivity contribution in [3.05, 3.63) is 58.5 Å². The summed E-state index contributed by atoms with van der Waals surface area (Å²) < 4.78 is 2.25. The molecule has 0 N–H and O–H groups in total. The van der Waals surface area contributed by atoms with E-state index in [1.165, 1.54) is 0 Å². The Morgan fingerprint density at radius 2 is 1.88 bits per heavy atom. The number of benzene rings is 1. The maximum Gasteiger partial charge on any atom is 0.151 e. The summed E-state index contributed by atoms with van der Waals surface area (Å²) in [6.45, 7) is 5.40. The van der Waals surface area contributed by atoms with Gasteiger partial charge in [-0.25, -0.2) is 4.98 Å². The van der Waals surface area contributed by atoms with Crippen LogP contribution >= 0.6 is 11.6 Å². The van der Waals surface area contributed by atoms with E-state index in [1.54, 1.807) is 12.4 Å². The van der Waals surface area contributed by atoms with Crippen molar-refractivity contribution in [2.75, 3.05) is 18.0 Å². The minimum atomic E-state index is -0.380. The van der Waals surface area contributed by atoms with E-state index >= 15 is 0 Å². The minimum Gasteiger partial charge on any atom is -0.354 e. The average molecular weight is 473 g/mol. The number of halogens is 1. The lowest BCUT2D eigenvalue weighted by Gasteiger charge is -2.59. The molecule has 0 atom stereocenters. The summed E-state index contributed by atoms with van der Waals surface area (Å²) in [6.07, 6.45) is 7.55. The number of anilines is 1. The molecule has 3 aromatic rings. The van der Waals surface area contributed by atoms with Crippen LogP contribution in [0.2, 0.25) is 5.02 Å². The van der Waals surface area contributed by atoms with Crippen molar-refractivity contribution < 1.29 is 0 Å². The normalized spacial score (nSPS) is 22.2. The second kappa shape index (κ2) is 7.00. The molecule has 4 heterocycles. The topological polar surface area (TPSA) is 86.8 Å². The summed E-state index contributed by atoms with van der Waals surface area (Å²) in [5.74, 6) is 3.35. The molecule has 2 aliphatic heterocycles. The van der Waals surface area contributed by atoms with E-state index < -0.39 is 0 Å². The Hall–Kier alpha value is -3.02. The molecule has 3 fully saturated rings. The molecule has 1 spiro atoms. The van der Waals surface area contributed by atoms with Gasteiger partial charge in [0.15, 0.2) is 5.82 Å². The Bertz CT molecular complexity index is 1340. The van der Waals surface area contributed by atoms with Crippen molar-refractivity contribution in [2.24, 2.45) is 5.41 Å². The fraction of sp³-hybridized carbons (Fsp3) is 0.480. The lowest BCUT2D eigenvalue weighted by molar-refractivity contribution is 0.0580. The summed E-state index contributed by atoms with van der Waals surface area (Å²) in [7, 11) is 0. The molecule has 0 radical (unpaired) electrons. The first-order valence-electron chi connectivity index (χ1n) is 11.9. The van der Waals surface area contributed by atoms with Gasteiger partial charge in [0.2, 0.25) is 0 Å². The van der Waals surface area contributed by atoms with Gasteiger partial charge >= 0.3 is 0 Å². The van der Waals surface area contributed by atoms with Crippen LogP contribution < -0.4 is 4.90 Å². The summed E-state index contributed by atoms with van der Waals surface area (Å²) in [5.41, 5.74) is 3.17. The van der Waals surface area contributed by atoms with Crippen LogP contribution in [0.15, 0.2) is 30.6 Å². The number of rotatable bonds is 3. The Labute approximate surface area is 203 Å². The van der Waals surface area contributed by atoms with Crippen LogP contribution in [0.3, 0.4) is 0 Å². The molecule has 2 aliphatic carbocycles. The van der Waals surface area contributed by atoms with Gasteiger partial charge in [-0.3, -0.25) is 14.5 Å². The lowest BCUT2D eigenvalue weighted by Crippen LogP contribution is -2.62. The maximum atomic E-state index is 9.83. The number of hydrogen-bond acceptors (Lipinski definition) is 7. The van der Waals surface area contributed by atoms with E-state index in [4.69, 9.17) is 16.7 Å². The molecule has 4 aliphatic rings. The molecule has 1 aromatic carbocycles. The highest BCUT2D eigenvalue weighted by atomic mass is 35.5. The van der Waals surface area contributed by atoms with Crippen LogP contribution in [0.1, 0.15) is 54.5 Å². The van der Waals surface area contributed by atoms with E-state index in [0.29, 0.717) is 24.4 Å². The van der Waals surface area contributed by atoms with Gasteiger partial charge in [-0.05, 0) is 56.4 Å². The van der Waals surface area contributed by atoms with Crippen molar-refractivity contribution in [1.29, 1.82) is 5.26 Å². The zero-order valence-electron chi connectivity index (χ0n) is 19.1. The Morgan fingerprint density at radius 1 is 1.09 bits per heavy atom. The van der Waals surface area contributed by atoms with Gasteiger partial charge in [0.25, 0.3) is 0 Å². The van der Waals surface area contributed by atoms with Crippen LogP contribution in [0.5, 0.6) is 0 Å². The third kappa shape index (κ3) is 2.93. The van der Waals surface area contributed by atoms with E-state index in [-0.39, 0.29) is 5.54 Å². The van der Waals surface area contributed by atoms with Crippen LogP contribution in [0.25, 0.3) is 5.69 Å². The third-order valence-corrected chi connectivity index (χ3v) is 8.43. The monoisotopic (exact) mass is 472 g/mol. The Kier molecular flexibility index (Phi) is 4.19. The second-order valence-electron chi connectivity index (χ2n) is 10.5. The zero-order chi connectivity index (χ0) is 23.1. The highest BCUT2D eigenvalue weighted by Crippen LogP contribution is 2.57. The molecule has 2 aromatic heterocycles. The van der Waals surface area contributed by atoms with Gasteiger partial charge in [0, 0.05) is 48.4 Å². The lowest BCUT2D eigenvalue weighted by atomic mass is 9.57. The summed E-state index contributed by atoms with van der Waals surface area (Å²) in [6, 6.07) is 8.60. The van der Waals surface area contributed by atoms with Crippen LogP contribution in [-0.2, 0) is 13.1 Å². The van der Waals surface area contributed by atoms with E-state index in [1.807, 2.05) is 19.1 Å². The molecule has 7 rings (SSSR count). The smallest absolute Gasteiger partial charge is 0.151 e. The Balaban J connectivity index is 1.17. The fourth-order valence-electron chi connectivity index (χ4n) is 6.26. The van der Waals surface area contributed by atoms with Gasteiger partial charge in [-0.2, -0.15) is 5.26 Å². The summed E-state index contributed by atoms with van der Waals surface area (Å²) in [4.78, 5) is 13.5. The number of fused-ring (bicyclic) bond motifs is 3. The van der Waals surface area contributed by atoms with E-state index in [2.05, 4.69) is 41.6 Å². The molecule has 0 unspecified atom stereocenters. The minimum absolute atomic E-state index is 0.333. The molecule has 8 nitrogen and oxygen atoms in total. The molecule has 9 heteroatoms. The second-order valence-corrected chi connectivity index (χ2v) is 10.9. The molecule has 0 amide bonds. The highest BCUT2D eigenvalue weighted by Gasteiger charge is 2.55. The number of nitrogens with zero attached hydrogens (tertiary/aromatic N) is 8. The van der Waals surface area contributed by atoms with Gasteiger partial charge in [0.1, 0.15) is 17.2 Å². The van der Waals surface area contributed by atoms with E-state index in [0.717, 1.165) is 78.2 Å². The quantitative estimate of drug-likeness (QED) is 0.573. The SMILES string of the molecule is Cc1nccnc1N1CC2(CC(c3nnc4n3-c3ccc(Cl)cc3CN(C3(C#N)CC3)C4)C2)C1. The van der Waals surface area contributed by atoms with Crippen molar-refractivity contribution in [3.63, 3.8) is 0 Å². The number of nitriles is 1. The van der Waals surface area contributed by atoms with E-state index in [9.17, 15) is 5.26 Å². The highest BCUT2D eigenvalue weighted by molar-refractivity contribution is 6.30. The summed E-state index contributed by atoms with van der Waals surface area (Å²) in [5, 5.41) is 19.9. The van der Waals surface area contributed by atoms with Gasteiger partial charge < -0.3 is 4.90 Å². The van der Waals surface area contributed by atoms with Gasteiger partial charge in [0.05, 0.1) is 24.0 Å². The Morgan fingerprint density at radius 3 is 2.62 bits per heavy atom. The number of hydrogen-bond donors (Lipinski definition) is 0. The average Bonchev–Trinajstić information content (AvgIpc) is 3.51. The first-order valence-corrected chi connectivity index (χ1v) is 12.3. The largest absolute Gasteiger partial charge is 0.354 e. The standard InChI is InChI=1S/C25H25ClN8/c1-16-22(29-7-6-28-16)32-14-24(15-32)9-18(10-24)23-31-30-21-12-33(25(13-27)4-5-25)11-17-8-19(26)2-3-20(17)34(21)23/h2-3,6-8,18H,4-5,9-12,14-15H2,1H3. The molecular weight excluding hydrogens is 448 g/mol. The molecule has 1 saturated heterocycles. The molecule has 0 bridgehead atoms. The third-order valence-electron chi connectivity index (χ3n) is 8.20. The first-order chi connectivity index (χ1) is 16.5. The van der Waals surface area contributed by atoms with Crippen LogP contribution in [0, 0.1) is 23.7 Å². The number of aromatic nitrogens is 5. The van der Waals surface area contributed by atoms with Crippen molar-refractivity contribution in [3.8, 4) is 11.8 Å². The van der Waals surface area contributed by atoms with Crippen LogP contribution in [-0.4, -0.2) is 48.3 Å². The van der Waals surface area contributed by atoms with Crippen molar-refractivity contribution in [2.45, 2.75) is 57.2 Å². The maximum absolute atomic E-state index is 9.83. The van der Waals surface area contributed by atoms with Crippen molar-refractivity contribution in [1.82, 2.24) is 29.6 Å². The van der Waals surface area contributed by atoms with Crippen molar-refractivity contribution >= 4 is 17.4 Å². The molecule has 172 valence electrons.